The highest BCUT2D eigenvalue weighted by atomic mass is 35.5. The molecule has 2 aromatic carbocycles. The Morgan fingerprint density at radius 1 is 1.07 bits per heavy atom. The van der Waals surface area contributed by atoms with E-state index in [-0.39, 0.29) is 11.6 Å². The Morgan fingerprint density at radius 2 is 1.79 bits per heavy atom. The number of nitrogens with two attached hydrogens (primary N) is 1. The van der Waals surface area contributed by atoms with Crippen molar-refractivity contribution in [3.05, 3.63) is 75.3 Å². The maximum atomic E-state index is 13.4. The van der Waals surface area contributed by atoms with Crippen molar-refractivity contribution in [2.24, 2.45) is 5.73 Å². The number of hydrogen-bond acceptors (Lipinski definition) is 5. The van der Waals surface area contributed by atoms with E-state index >= 15 is 0 Å². The second-order valence-corrected chi connectivity index (χ2v) is 7.86. The summed E-state index contributed by atoms with van der Waals surface area (Å²) >= 11 is 6.34. The number of fused-ring (bicyclic) bond motifs is 1. The molecule has 1 aliphatic rings. The van der Waals surface area contributed by atoms with Crippen LogP contribution in [-0.4, -0.2) is 40.7 Å². The van der Waals surface area contributed by atoms with Crippen LogP contribution in [0.25, 0.3) is 10.9 Å². The quantitative estimate of drug-likeness (QED) is 0.699. The van der Waals surface area contributed by atoms with Gasteiger partial charge in [-0.2, -0.15) is 0 Å². The topological polar surface area (TPSA) is 67.4 Å². The largest absolute Gasteiger partial charge is 0.321 e. The molecule has 0 saturated carbocycles. The fraction of sp³-hybridized carbons (Fsp3) is 0.364. The predicted molar refractivity (Wildman–Crippen MR) is 118 cm³/mol. The number of hydrogen-bond donors (Lipinski definition) is 1. The Labute approximate surface area is 175 Å². The van der Waals surface area contributed by atoms with Crippen molar-refractivity contribution in [3.63, 3.8) is 0 Å². The molecule has 4 rings (SSSR count). The minimum absolute atomic E-state index is 0.143. The summed E-state index contributed by atoms with van der Waals surface area (Å²) in [6.45, 7) is 6.10. The van der Waals surface area contributed by atoms with Crippen LogP contribution in [0.15, 0.2) is 53.3 Å². The number of piperazine rings is 1. The van der Waals surface area contributed by atoms with E-state index in [0.717, 1.165) is 32.7 Å². The first-order valence-corrected chi connectivity index (χ1v) is 10.4. The molecule has 0 bridgehead atoms. The molecule has 1 aromatic heterocycles. The fourth-order valence-corrected chi connectivity index (χ4v) is 4.08. The lowest BCUT2D eigenvalue weighted by atomic mass is 10.2. The number of nitrogens with zero attached hydrogens (tertiary/aromatic N) is 4. The van der Waals surface area contributed by atoms with Gasteiger partial charge < -0.3 is 10.7 Å². The monoisotopic (exact) mass is 411 g/mol. The first-order chi connectivity index (χ1) is 14.1. The minimum atomic E-state index is -0.312. The van der Waals surface area contributed by atoms with Crippen molar-refractivity contribution >= 4 is 22.5 Å². The summed E-state index contributed by atoms with van der Waals surface area (Å²) < 4.78 is 1.67. The molecule has 0 amide bonds. The van der Waals surface area contributed by atoms with Gasteiger partial charge in [0.05, 0.1) is 22.0 Å². The van der Waals surface area contributed by atoms with Gasteiger partial charge in [0.1, 0.15) is 5.82 Å². The summed E-state index contributed by atoms with van der Waals surface area (Å²) in [5, 5.41) is 2.94. The van der Waals surface area contributed by atoms with E-state index in [2.05, 4.69) is 34.2 Å². The molecule has 29 heavy (non-hydrogen) atoms. The summed E-state index contributed by atoms with van der Waals surface area (Å²) in [4.78, 5) is 20.5. The Bertz CT molecular complexity index is 1040. The third-order valence-corrected chi connectivity index (χ3v) is 5.82. The molecule has 1 atom stereocenters. The normalized spacial score (nSPS) is 16.3. The zero-order valence-electron chi connectivity index (χ0n) is 16.6. The smallest absolute Gasteiger partial charge is 0.281 e. The van der Waals surface area contributed by atoms with Gasteiger partial charge >= 0.3 is 0 Å². The van der Waals surface area contributed by atoms with Crippen LogP contribution in [0.4, 0.5) is 0 Å². The highest BCUT2D eigenvalue weighted by Crippen LogP contribution is 2.21. The third-order valence-electron chi connectivity index (χ3n) is 5.50. The Kier molecular flexibility index (Phi) is 5.85. The van der Waals surface area contributed by atoms with Crippen LogP contribution in [0.3, 0.4) is 0 Å². The van der Waals surface area contributed by atoms with Gasteiger partial charge in [-0.15, -0.1) is 0 Å². The molecule has 152 valence electrons. The molecule has 1 fully saturated rings. The second-order valence-electron chi connectivity index (χ2n) is 7.45. The molecule has 0 spiro atoms. The van der Waals surface area contributed by atoms with Crippen molar-refractivity contribution in [1.29, 1.82) is 0 Å². The number of benzene rings is 2. The van der Waals surface area contributed by atoms with Crippen molar-refractivity contribution < 1.29 is 0 Å². The molecule has 0 radical (unpaired) electrons. The SMILES string of the molecule is CC[C@H](N)c1nc2cccc(Cl)c2c(=O)n1N1CCN(Cc2ccccc2)CC1. The number of rotatable bonds is 5. The lowest BCUT2D eigenvalue weighted by molar-refractivity contribution is 0.229. The number of aromatic nitrogens is 2. The van der Waals surface area contributed by atoms with Crippen molar-refractivity contribution in [3.8, 4) is 0 Å². The lowest BCUT2D eigenvalue weighted by Gasteiger charge is -2.38. The highest BCUT2D eigenvalue weighted by molar-refractivity contribution is 6.35. The van der Waals surface area contributed by atoms with Crippen LogP contribution >= 0.6 is 11.6 Å². The van der Waals surface area contributed by atoms with E-state index in [9.17, 15) is 4.79 Å². The summed E-state index contributed by atoms with van der Waals surface area (Å²) in [5.41, 5.74) is 8.09. The molecule has 0 unspecified atom stereocenters. The number of halogens is 1. The van der Waals surface area contributed by atoms with Gasteiger partial charge in [0, 0.05) is 32.7 Å². The molecule has 1 aliphatic heterocycles. The van der Waals surface area contributed by atoms with Crippen molar-refractivity contribution in [2.75, 3.05) is 31.2 Å². The Hall–Kier alpha value is -2.41. The van der Waals surface area contributed by atoms with E-state index in [0.29, 0.717) is 28.2 Å². The van der Waals surface area contributed by atoms with Gasteiger partial charge in [-0.3, -0.25) is 9.69 Å². The molecular weight excluding hydrogens is 386 g/mol. The maximum Gasteiger partial charge on any atom is 0.281 e. The summed E-state index contributed by atoms with van der Waals surface area (Å²) in [7, 11) is 0. The molecule has 2 N–H and O–H groups in total. The van der Waals surface area contributed by atoms with E-state index in [4.69, 9.17) is 22.3 Å². The van der Waals surface area contributed by atoms with E-state index < -0.39 is 0 Å². The van der Waals surface area contributed by atoms with Gasteiger partial charge in [-0.05, 0) is 24.1 Å². The fourth-order valence-electron chi connectivity index (χ4n) is 3.83. The Balaban J connectivity index is 1.64. The van der Waals surface area contributed by atoms with Crippen molar-refractivity contribution in [1.82, 2.24) is 14.6 Å². The molecular formula is C22H26ClN5O. The van der Waals surface area contributed by atoms with Gasteiger partial charge in [0.15, 0.2) is 0 Å². The summed E-state index contributed by atoms with van der Waals surface area (Å²) in [6, 6.07) is 15.5. The van der Waals surface area contributed by atoms with Gasteiger partial charge in [-0.1, -0.05) is 54.9 Å². The Morgan fingerprint density at radius 3 is 2.48 bits per heavy atom. The van der Waals surface area contributed by atoms with Crippen LogP contribution < -0.4 is 16.3 Å². The van der Waals surface area contributed by atoms with E-state index in [1.165, 1.54) is 5.56 Å². The zero-order valence-corrected chi connectivity index (χ0v) is 17.3. The highest BCUT2D eigenvalue weighted by Gasteiger charge is 2.24. The lowest BCUT2D eigenvalue weighted by Crippen LogP contribution is -2.55. The van der Waals surface area contributed by atoms with E-state index in [1.807, 2.05) is 25.1 Å². The van der Waals surface area contributed by atoms with Crippen LogP contribution in [0.1, 0.15) is 30.8 Å². The van der Waals surface area contributed by atoms with Crippen LogP contribution in [-0.2, 0) is 6.54 Å². The predicted octanol–water partition coefficient (Wildman–Crippen LogP) is 2.91. The van der Waals surface area contributed by atoms with Crippen LogP contribution in [0.2, 0.25) is 5.02 Å². The van der Waals surface area contributed by atoms with Gasteiger partial charge in [0.25, 0.3) is 5.56 Å². The van der Waals surface area contributed by atoms with Crippen LogP contribution in [0.5, 0.6) is 0 Å². The molecule has 1 saturated heterocycles. The average molecular weight is 412 g/mol. The standard InChI is InChI=1S/C22H26ClN5O/c1-2-18(24)21-25-19-10-6-9-17(23)20(19)22(29)28(21)27-13-11-26(12-14-27)15-16-7-4-3-5-8-16/h3-10,18H,2,11-15,24H2,1H3/t18-/m0/s1. The minimum Gasteiger partial charge on any atom is -0.321 e. The maximum absolute atomic E-state index is 13.4. The van der Waals surface area contributed by atoms with Crippen molar-refractivity contribution in [2.45, 2.75) is 25.9 Å². The molecule has 7 heteroatoms. The van der Waals surface area contributed by atoms with E-state index in [1.54, 1.807) is 10.7 Å². The molecule has 3 aromatic rings. The molecule has 0 aliphatic carbocycles. The summed E-state index contributed by atoms with van der Waals surface area (Å²) in [5.74, 6) is 0.601. The van der Waals surface area contributed by atoms with Gasteiger partial charge in [0.2, 0.25) is 0 Å². The van der Waals surface area contributed by atoms with Crippen LogP contribution in [0, 0.1) is 0 Å². The summed E-state index contributed by atoms with van der Waals surface area (Å²) in [6.07, 6.45) is 0.701. The molecule has 6 nitrogen and oxygen atoms in total. The first kappa shape index (κ1) is 19.9. The molecule has 2 heterocycles. The average Bonchev–Trinajstić information content (AvgIpc) is 2.74. The second kappa shape index (κ2) is 8.53. The third kappa shape index (κ3) is 4.01. The van der Waals surface area contributed by atoms with Gasteiger partial charge in [-0.25, -0.2) is 9.66 Å². The first-order valence-electron chi connectivity index (χ1n) is 10.1. The zero-order chi connectivity index (χ0) is 20.4.